The van der Waals surface area contributed by atoms with Crippen molar-refractivity contribution in [2.45, 2.75) is 13.8 Å². The van der Waals surface area contributed by atoms with Crippen LogP contribution in [0.4, 0.5) is 17.1 Å². The molecule has 0 heterocycles. The quantitative estimate of drug-likeness (QED) is 0.620. The largest absolute Gasteiger partial charge is 0.398 e. The first-order valence-corrected chi connectivity index (χ1v) is 7.63. The second-order valence-corrected chi connectivity index (χ2v) is 6.51. The molecule has 0 unspecified atom stereocenters. The average molecular weight is 405 g/mol. The highest BCUT2D eigenvalue weighted by Gasteiger charge is 2.08. The first kappa shape index (κ1) is 14.7. The molecule has 19 heavy (non-hydrogen) atoms. The molecule has 0 amide bonds. The van der Waals surface area contributed by atoms with Gasteiger partial charge in [0.2, 0.25) is 0 Å². The minimum absolute atomic E-state index is 0.731. The van der Waals surface area contributed by atoms with Crippen LogP contribution in [0.25, 0.3) is 0 Å². The molecule has 0 atom stereocenters. The van der Waals surface area contributed by atoms with Gasteiger partial charge in [0.05, 0.1) is 11.4 Å². The molecule has 5 heteroatoms. The van der Waals surface area contributed by atoms with E-state index in [2.05, 4.69) is 37.2 Å². The minimum Gasteiger partial charge on any atom is -0.398 e. The highest BCUT2D eigenvalue weighted by atomic mass is 79.9. The molecule has 0 aliphatic carbocycles. The van der Waals surface area contributed by atoms with Gasteiger partial charge in [-0.2, -0.15) is 0 Å². The summed E-state index contributed by atoms with van der Waals surface area (Å²) in [6.07, 6.45) is 0. The van der Waals surface area contributed by atoms with Crippen LogP contribution in [0.5, 0.6) is 0 Å². The molecule has 0 spiro atoms. The highest BCUT2D eigenvalue weighted by molar-refractivity contribution is 9.11. The molecule has 0 bridgehead atoms. The van der Waals surface area contributed by atoms with E-state index in [0.717, 1.165) is 42.2 Å². The van der Waals surface area contributed by atoms with Crippen LogP contribution >= 0.6 is 43.5 Å². The Bertz CT molecular complexity index is 586. The molecule has 2 aromatic carbocycles. The minimum atomic E-state index is 0.731. The number of hydrogen-bond acceptors (Lipinski definition) is 2. The summed E-state index contributed by atoms with van der Waals surface area (Å²) < 4.78 is 1.88. The Hall–Kier alpha value is -0.710. The van der Waals surface area contributed by atoms with E-state index >= 15 is 0 Å². The lowest BCUT2D eigenvalue weighted by atomic mass is 10.1. The molecule has 0 aliphatic rings. The van der Waals surface area contributed by atoms with Crippen LogP contribution in [0.3, 0.4) is 0 Å². The fourth-order valence-electron chi connectivity index (χ4n) is 1.68. The van der Waals surface area contributed by atoms with E-state index in [4.69, 9.17) is 17.3 Å². The summed E-state index contributed by atoms with van der Waals surface area (Å²) in [7, 11) is 0. The summed E-state index contributed by atoms with van der Waals surface area (Å²) >= 11 is 13.2. The molecule has 0 radical (unpaired) electrons. The SMILES string of the molecule is Cc1cc(Nc2cc(Cl)c(C)cc2Br)c(Br)cc1N. The molecular weight excluding hydrogens is 391 g/mol. The second-order valence-electron chi connectivity index (χ2n) is 4.39. The van der Waals surface area contributed by atoms with Crippen LogP contribution in [0, 0.1) is 13.8 Å². The fourth-order valence-corrected chi connectivity index (χ4v) is 2.86. The number of nitrogen functional groups attached to an aromatic ring is 1. The third kappa shape index (κ3) is 3.25. The van der Waals surface area contributed by atoms with Gasteiger partial charge in [-0.15, -0.1) is 0 Å². The van der Waals surface area contributed by atoms with Gasteiger partial charge in [-0.3, -0.25) is 0 Å². The van der Waals surface area contributed by atoms with E-state index in [-0.39, 0.29) is 0 Å². The number of hydrogen-bond donors (Lipinski definition) is 2. The monoisotopic (exact) mass is 402 g/mol. The fraction of sp³-hybridized carbons (Fsp3) is 0.143. The van der Waals surface area contributed by atoms with Gasteiger partial charge in [-0.25, -0.2) is 0 Å². The van der Waals surface area contributed by atoms with E-state index in [1.165, 1.54) is 0 Å². The molecular formula is C14H13Br2ClN2. The Morgan fingerprint density at radius 3 is 2.21 bits per heavy atom. The van der Waals surface area contributed by atoms with E-state index < -0.39 is 0 Å². The van der Waals surface area contributed by atoms with Crippen molar-refractivity contribution in [1.82, 2.24) is 0 Å². The van der Waals surface area contributed by atoms with E-state index in [9.17, 15) is 0 Å². The number of benzene rings is 2. The lowest BCUT2D eigenvalue weighted by Crippen LogP contribution is -1.97. The van der Waals surface area contributed by atoms with E-state index in [0.29, 0.717) is 0 Å². The Morgan fingerprint density at radius 2 is 1.53 bits per heavy atom. The van der Waals surface area contributed by atoms with Crippen molar-refractivity contribution in [3.05, 3.63) is 49.4 Å². The van der Waals surface area contributed by atoms with E-state index in [1.54, 1.807) is 0 Å². The number of rotatable bonds is 2. The first-order valence-electron chi connectivity index (χ1n) is 5.67. The van der Waals surface area contributed by atoms with Crippen molar-refractivity contribution < 1.29 is 0 Å². The van der Waals surface area contributed by atoms with Crippen molar-refractivity contribution >= 4 is 60.5 Å². The summed E-state index contributed by atoms with van der Waals surface area (Å²) in [6, 6.07) is 7.78. The topological polar surface area (TPSA) is 38.0 Å². The maximum atomic E-state index is 6.16. The van der Waals surface area contributed by atoms with Crippen molar-refractivity contribution in [1.29, 1.82) is 0 Å². The summed E-state index contributed by atoms with van der Waals surface area (Å²) in [4.78, 5) is 0. The van der Waals surface area contributed by atoms with Crippen molar-refractivity contribution in [3.8, 4) is 0 Å². The summed E-state index contributed by atoms with van der Waals surface area (Å²) in [5, 5.41) is 4.07. The maximum Gasteiger partial charge on any atom is 0.0544 e. The molecule has 2 aromatic rings. The van der Waals surface area contributed by atoms with Gasteiger partial charge in [0.1, 0.15) is 0 Å². The molecule has 0 aliphatic heterocycles. The number of nitrogens with one attached hydrogen (secondary N) is 1. The van der Waals surface area contributed by atoms with Crippen LogP contribution in [-0.2, 0) is 0 Å². The zero-order valence-corrected chi connectivity index (χ0v) is 14.4. The van der Waals surface area contributed by atoms with Crippen LogP contribution < -0.4 is 11.1 Å². The Balaban J connectivity index is 2.42. The van der Waals surface area contributed by atoms with Crippen molar-refractivity contribution in [2.24, 2.45) is 0 Å². The highest BCUT2D eigenvalue weighted by Crippen LogP contribution is 2.35. The third-order valence-corrected chi connectivity index (χ3v) is 4.59. The zero-order chi connectivity index (χ0) is 14.2. The Labute approximate surface area is 134 Å². The second kappa shape index (κ2) is 5.73. The predicted octanol–water partition coefficient (Wildman–Crippen LogP) is 5.81. The molecule has 0 fully saturated rings. The molecule has 0 saturated heterocycles. The predicted molar refractivity (Wildman–Crippen MR) is 90.5 cm³/mol. The number of aryl methyl sites for hydroxylation is 2. The van der Waals surface area contributed by atoms with Crippen molar-refractivity contribution in [3.63, 3.8) is 0 Å². The van der Waals surface area contributed by atoms with Crippen LogP contribution in [0.15, 0.2) is 33.2 Å². The van der Waals surface area contributed by atoms with Gasteiger partial charge in [-0.05, 0) is 81.1 Å². The van der Waals surface area contributed by atoms with Gasteiger partial charge in [-0.1, -0.05) is 11.6 Å². The van der Waals surface area contributed by atoms with Gasteiger partial charge < -0.3 is 11.1 Å². The summed E-state index contributed by atoms with van der Waals surface area (Å²) in [5.41, 5.74) is 10.6. The van der Waals surface area contributed by atoms with Crippen molar-refractivity contribution in [2.75, 3.05) is 11.1 Å². The Morgan fingerprint density at radius 1 is 0.947 bits per heavy atom. The number of anilines is 3. The average Bonchev–Trinajstić information content (AvgIpc) is 2.32. The molecule has 0 aromatic heterocycles. The zero-order valence-electron chi connectivity index (χ0n) is 10.5. The molecule has 3 N–H and O–H groups in total. The maximum absolute atomic E-state index is 6.16. The van der Waals surface area contributed by atoms with Gasteiger partial charge in [0.25, 0.3) is 0 Å². The molecule has 100 valence electrons. The lowest BCUT2D eigenvalue weighted by molar-refractivity contribution is 1.40. The molecule has 2 nitrogen and oxygen atoms in total. The third-order valence-electron chi connectivity index (χ3n) is 2.87. The standard InChI is InChI=1S/C14H13Br2ClN2/c1-7-3-9(15)14(6-11(7)17)19-13-4-8(2)12(18)5-10(13)16/h3-6,19H,18H2,1-2H3. The number of nitrogens with two attached hydrogens (primary N) is 1. The number of halogens is 3. The Kier molecular flexibility index (Phi) is 4.43. The summed E-state index contributed by atoms with van der Waals surface area (Å²) in [5.74, 6) is 0. The summed E-state index contributed by atoms with van der Waals surface area (Å²) in [6.45, 7) is 3.95. The van der Waals surface area contributed by atoms with E-state index in [1.807, 2.05) is 38.1 Å². The molecule has 2 rings (SSSR count). The first-order chi connectivity index (χ1) is 8.88. The molecule has 0 saturated carbocycles. The lowest BCUT2D eigenvalue weighted by Gasteiger charge is -2.14. The van der Waals surface area contributed by atoms with Gasteiger partial charge in [0, 0.05) is 19.7 Å². The van der Waals surface area contributed by atoms with Gasteiger partial charge >= 0.3 is 0 Å². The van der Waals surface area contributed by atoms with Crippen LogP contribution in [0.2, 0.25) is 5.02 Å². The van der Waals surface area contributed by atoms with Crippen LogP contribution in [-0.4, -0.2) is 0 Å². The smallest absolute Gasteiger partial charge is 0.0544 e. The normalized spacial score (nSPS) is 10.6. The van der Waals surface area contributed by atoms with Crippen LogP contribution in [0.1, 0.15) is 11.1 Å². The van der Waals surface area contributed by atoms with Gasteiger partial charge in [0.15, 0.2) is 0 Å².